The third kappa shape index (κ3) is 18.6. The number of para-hydroxylation sites is 4. The molecular weight excluding hydrogens is 2300 g/mol. The topological polar surface area (TPSA) is 82.7 Å². The Morgan fingerprint density at radius 1 is 0.431 bits per heavy atom. The van der Waals surface area contributed by atoms with Gasteiger partial charge in [0.05, 0.1) is 34.7 Å². The van der Waals surface area contributed by atoms with Gasteiger partial charge in [0.15, 0.2) is 0 Å². The molecule has 5 heterocycles. The van der Waals surface area contributed by atoms with Crippen LogP contribution in [0.5, 0.6) is 0 Å². The summed E-state index contributed by atoms with van der Waals surface area (Å²) in [5, 5.41) is 16.0. The zero-order valence-corrected chi connectivity index (χ0v) is 68.4. The molecule has 0 saturated carbocycles. The second-order valence-electron chi connectivity index (χ2n) is 24.2. The molecule has 2 unspecified atom stereocenters. The van der Waals surface area contributed by atoms with E-state index in [-0.39, 0.29) is 129 Å². The zero-order chi connectivity index (χ0) is 72.1. The Labute approximate surface area is 688 Å². The van der Waals surface area contributed by atoms with Gasteiger partial charge in [-0.2, -0.15) is 97.2 Å². The molecule has 0 spiro atoms. The summed E-state index contributed by atoms with van der Waals surface area (Å²) < 4.78 is 134. The smallest absolute Gasteiger partial charge is 0.416 e. The number of aromatic nitrogens is 4. The van der Waals surface area contributed by atoms with Crippen molar-refractivity contribution in [2.24, 2.45) is 4.99 Å². The number of hydrogen-bond donors (Lipinski definition) is 0. The van der Waals surface area contributed by atoms with Crippen LogP contribution in [0.15, 0.2) is 296 Å². The first-order valence-electron chi connectivity index (χ1n) is 32.5. The minimum Gasteiger partial charge on any atom is -0.561 e. The molecule has 561 valence electrons. The molecule has 0 bridgehead atoms. The molecule has 2 aromatic heterocycles. The van der Waals surface area contributed by atoms with Crippen molar-refractivity contribution in [3.05, 3.63) is 400 Å². The van der Waals surface area contributed by atoms with E-state index in [1.165, 1.54) is 87.6 Å². The number of halogens is 10. The Morgan fingerprint density at radius 3 is 1.61 bits per heavy atom. The summed E-state index contributed by atoms with van der Waals surface area (Å²) in [6.45, 7) is 2.67. The fourth-order valence-electron chi connectivity index (χ4n) is 12.5. The van der Waals surface area contributed by atoms with Crippen molar-refractivity contribution in [2.75, 3.05) is 10.0 Å². The van der Waals surface area contributed by atoms with Gasteiger partial charge in [-0.3, -0.25) is 18.7 Å². The van der Waals surface area contributed by atoms with Crippen LogP contribution in [-0.4, -0.2) is 25.3 Å². The Kier molecular flexibility index (Phi) is 28.1. The van der Waals surface area contributed by atoms with Gasteiger partial charge in [-0.15, -0.1) is 78.2 Å². The third-order valence-corrected chi connectivity index (χ3v) is 17.6. The SMILES string of the molecule is CC1(c2ccccc2)C(c2[c-]cc3ccccc3c2)=Nc2ccccc21.Fc1c[c-]c(-n2ncc3ccccc32)cc1.Fc1cc[c-]c(N2[N-]Cc3cc(F)ccc32)c1.Fc1ccc2c(c1)C(c1ccc(C(F)(F)F)cc1)[N-]N2c1[c-]ccc(C(F)(F)F)c1.[Ir].[Ir].[Ir].[Ir].[Ir].[c-]1ccccc1-n1ncc2ccccc21. The maximum absolute atomic E-state index is 13.9. The number of hydrogen-bond acceptors (Lipinski definition) is 5. The summed E-state index contributed by atoms with van der Waals surface area (Å²) in [5.41, 5.74) is 19.1. The van der Waals surface area contributed by atoms with E-state index in [4.69, 9.17) is 4.99 Å². The average Bonchev–Trinajstić information content (AvgIpc) is 1.59. The van der Waals surface area contributed by atoms with Crippen molar-refractivity contribution in [3.63, 3.8) is 0 Å². The second-order valence-corrected chi connectivity index (χ2v) is 24.2. The fourth-order valence-corrected chi connectivity index (χ4v) is 12.5. The van der Waals surface area contributed by atoms with Gasteiger partial charge in [0, 0.05) is 140 Å². The summed E-state index contributed by atoms with van der Waals surface area (Å²) >= 11 is 0. The molecule has 0 aliphatic carbocycles. The van der Waals surface area contributed by atoms with E-state index in [2.05, 4.69) is 161 Å². The van der Waals surface area contributed by atoms with Gasteiger partial charge in [0.2, 0.25) is 0 Å². The maximum atomic E-state index is 13.9. The van der Waals surface area contributed by atoms with Crippen LogP contribution in [0.2, 0.25) is 0 Å². The van der Waals surface area contributed by atoms with Crippen LogP contribution < -0.4 is 10.0 Å². The van der Waals surface area contributed by atoms with Crippen molar-refractivity contribution in [1.29, 1.82) is 0 Å². The van der Waals surface area contributed by atoms with Gasteiger partial charge in [-0.1, -0.05) is 162 Å². The van der Waals surface area contributed by atoms with E-state index < -0.39 is 35.3 Å². The molecule has 18 rings (SSSR count). The van der Waals surface area contributed by atoms with E-state index in [0.717, 1.165) is 104 Å². The molecule has 0 fully saturated rings. The number of anilines is 4. The van der Waals surface area contributed by atoms with Crippen LogP contribution >= 0.6 is 0 Å². The van der Waals surface area contributed by atoms with Crippen molar-refractivity contribution >= 4 is 66.7 Å². The quantitative estimate of drug-likeness (QED) is 0.118. The van der Waals surface area contributed by atoms with Crippen molar-refractivity contribution in [2.45, 2.75) is 37.3 Å². The van der Waals surface area contributed by atoms with Gasteiger partial charge >= 0.3 is 12.4 Å². The fraction of sp³-hybridized carbons (Fsp3) is 0.0706. The van der Waals surface area contributed by atoms with Crippen LogP contribution in [0.4, 0.5) is 72.3 Å². The molecule has 0 N–H and O–H groups in total. The normalized spacial score (nSPS) is 14.2. The van der Waals surface area contributed by atoms with Crippen LogP contribution in [0.3, 0.4) is 0 Å². The van der Waals surface area contributed by atoms with Crippen LogP contribution in [0, 0.1) is 53.6 Å². The molecule has 109 heavy (non-hydrogen) atoms. The van der Waals surface area contributed by atoms with Gasteiger partial charge < -0.3 is 20.9 Å². The first-order valence-corrected chi connectivity index (χ1v) is 32.5. The molecule has 5 radical (unpaired) electrons. The summed E-state index contributed by atoms with van der Waals surface area (Å²) in [7, 11) is 0. The van der Waals surface area contributed by atoms with Gasteiger partial charge in [0.1, 0.15) is 11.6 Å². The minimum absolute atomic E-state index is 0. The summed E-state index contributed by atoms with van der Waals surface area (Å²) in [6.07, 6.45) is -5.45. The number of rotatable bonds is 7. The van der Waals surface area contributed by atoms with Crippen LogP contribution in [0.1, 0.15) is 57.5 Å². The molecule has 24 heteroatoms. The van der Waals surface area contributed by atoms with Gasteiger partial charge in [-0.05, 0) is 106 Å². The van der Waals surface area contributed by atoms with Crippen LogP contribution in [0.25, 0.3) is 54.8 Å². The van der Waals surface area contributed by atoms with E-state index in [1.54, 1.807) is 28.0 Å². The Hall–Kier alpha value is -9.20. The molecular formula is C85H54F10Ir5N9-7. The first-order chi connectivity index (χ1) is 50.3. The molecule has 0 amide bonds. The molecule has 2 atom stereocenters. The van der Waals surface area contributed by atoms with E-state index in [1.807, 2.05) is 71.5 Å². The molecule has 15 aromatic rings. The molecule has 13 aromatic carbocycles. The number of fused-ring (bicyclic) bond motifs is 6. The Balaban J connectivity index is 0.000000159. The number of alkyl halides is 6. The van der Waals surface area contributed by atoms with E-state index in [9.17, 15) is 43.9 Å². The Bertz CT molecular complexity index is 5600. The monoisotopic (exact) mass is 2360 g/mol. The van der Waals surface area contributed by atoms with E-state index >= 15 is 0 Å². The first kappa shape index (κ1) is 83.8. The minimum atomic E-state index is -4.58. The molecule has 3 aliphatic heterocycles. The predicted octanol–water partition coefficient (Wildman–Crippen LogP) is 22.8. The largest absolute Gasteiger partial charge is 0.561 e. The molecule has 9 nitrogen and oxygen atoms in total. The van der Waals surface area contributed by atoms with Gasteiger partial charge in [-0.25, -0.2) is 13.2 Å². The van der Waals surface area contributed by atoms with Gasteiger partial charge in [0.25, 0.3) is 0 Å². The summed E-state index contributed by atoms with van der Waals surface area (Å²) in [5.74, 6) is -1.52. The average molecular weight is 2350 g/mol. The summed E-state index contributed by atoms with van der Waals surface area (Å²) in [4.78, 5) is 5.04. The predicted molar refractivity (Wildman–Crippen MR) is 384 cm³/mol. The molecule has 3 aliphatic rings. The maximum Gasteiger partial charge on any atom is 0.416 e. The second kappa shape index (κ2) is 36.5. The number of benzene rings is 13. The zero-order valence-electron chi connectivity index (χ0n) is 56.5. The van der Waals surface area contributed by atoms with Crippen molar-refractivity contribution in [1.82, 2.24) is 19.6 Å². The van der Waals surface area contributed by atoms with E-state index in [0.29, 0.717) is 29.0 Å². The molecule has 0 saturated heterocycles. The number of nitrogens with zero attached hydrogens (tertiary/aromatic N) is 9. The standard InChI is InChI=1S/C25H18N.C21H11F7N2.C13H8F2N2.C13H8FN2.C13H9N2.5Ir/c1-25(21-11-3-2-4-12-21)22-13-7-8-14-23(22)26-24(25)20-16-15-18-9-5-6-10-19(18)17-20;22-15-8-9-18-17(11-15)19(12-4-6-13(7-5-12)20(23,24)25)29-30(18)16-3-1-2-14(10-16)21(26,27)28;14-10-2-1-3-12(7-10)17-13-5-4-11(15)6-9(13)8-16-17;14-11-5-7-12(8-6-11)16-13-4-2-1-3-10(13)9-15-16;1-2-7-12(8-3-1)15-13-9-5-4-6-11(13)10-14-15;;;;;/h2-15,17H,1H3;1-2,4-11,19H;1-2,4-7H,8H2;1-7,9H;1-7,9-10H;;;;;/q-1;2*-2;2*-1;;;;;. The summed E-state index contributed by atoms with van der Waals surface area (Å²) in [6, 6.07) is 93.5. The van der Waals surface area contributed by atoms with Crippen molar-refractivity contribution in [3.8, 4) is 11.4 Å². The Morgan fingerprint density at radius 2 is 0.982 bits per heavy atom. The van der Waals surface area contributed by atoms with Crippen molar-refractivity contribution < 1.29 is 144 Å². The van der Waals surface area contributed by atoms with Crippen LogP contribution in [-0.2, 0) is 125 Å². The number of aliphatic imine (C=N–C) groups is 1. The third-order valence-electron chi connectivity index (χ3n) is 17.6.